The van der Waals surface area contributed by atoms with Crippen molar-refractivity contribution in [2.75, 3.05) is 0 Å². The molecule has 0 rings (SSSR count). The second kappa shape index (κ2) is 4.16. The van der Waals surface area contributed by atoms with Crippen molar-refractivity contribution in [3.05, 3.63) is 0 Å². The van der Waals surface area contributed by atoms with E-state index < -0.39 is 36.8 Å². The minimum Gasteiger partial charge on any atom is -0.240 e. The summed E-state index contributed by atoms with van der Waals surface area (Å²) in [7, 11) is 0. The average molecular weight is 284 g/mol. The fourth-order valence-corrected chi connectivity index (χ4v) is 0.717. The predicted molar refractivity (Wildman–Crippen MR) is 31.5 cm³/mol. The molecule has 0 aliphatic heterocycles. The summed E-state index contributed by atoms with van der Waals surface area (Å²) in [5.74, 6) is -13.4. The van der Waals surface area contributed by atoms with E-state index in [-0.39, 0.29) is 0 Å². The Morgan fingerprint density at radius 2 is 1.06 bits per heavy atom. The van der Waals surface area contributed by atoms with Gasteiger partial charge in [-0.3, -0.25) is 0 Å². The standard InChI is InChI=1S/C6H3F11/c7-2(1-3(8,9)10)4(11,12)5(13,14)6(15,16)17/h2H,1H2. The molecule has 1 atom stereocenters. The van der Waals surface area contributed by atoms with E-state index in [2.05, 4.69) is 0 Å². The van der Waals surface area contributed by atoms with Crippen LogP contribution in [0.25, 0.3) is 0 Å². The molecule has 1 unspecified atom stereocenters. The van der Waals surface area contributed by atoms with E-state index in [1.807, 2.05) is 0 Å². The zero-order valence-electron chi connectivity index (χ0n) is 7.44. The highest BCUT2D eigenvalue weighted by Gasteiger charge is 2.76. The molecular formula is C6H3F11. The van der Waals surface area contributed by atoms with Gasteiger partial charge in [-0.2, -0.15) is 43.9 Å². The zero-order chi connectivity index (χ0) is 14.3. The van der Waals surface area contributed by atoms with Crippen LogP contribution in [0.1, 0.15) is 6.42 Å². The first-order chi connectivity index (χ1) is 7.13. The van der Waals surface area contributed by atoms with Crippen LogP contribution in [0.4, 0.5) is 48.3 Å². The fraction of sp³-hybridized carbons (Fsp3) is 1.00. The van der Waals surface area contributed by atoms with E-state index in [0.717, 1.165) is 0 Å². The van der Waals surface area contributed by atoms with Gasteiger partial charge in [0.05, 0.1) is 6.42 Å². The SMILES string of the molecule is FC(CC(F)(F)F)C(F)(F)C(F)(F)C(F)(F)F. The second-order valence-corrected chi connectivity index (χ2v) is 2.98. The van der Waals surface area contributed by atoms with E-state index in [1.165, 1.54) is 0 Å². The molecule has 104 valence electrons. The molecule has 17 heavy (non-hydrogen) atoms. The fourth-order valence-electron chi connectivity index (χ4n) is 0.717. The lowest BCUT2D eigenvalue weighted by molar-refractivity contribution is -0.369. The van der Waals surface area contributed by atoms with Gasteiger partial charge in [-0.05, 0) is 0 Å². The van der Waals surface area contributed by atoms with Crippen molar-refractivity contribution < 1.29 is 48.3 Å². The molecule has 0 amide bonds. The quantitative estimate of drug-likeness (QED) is 0.684. The number of rotatable bonds is 3. The molecule has 0 aromatic rings. The molecule has 0 aliphatic carbocycles. The van der Waals surface area contributed by atoms with Gasteiger partial charge in [-0.25, -0.2) is 4.39 Å². The van der Waals surface area contributed by atoms with Gasteiger partial charge in [-0.1, -0.05) is 0 Å². The molecule has 0 N–H and O–H groups in total. The van der Waals surface area contributed by atoms with Crippen LogP contribution < -0.4 is 0 Å². The van der Waals surface area contributed by atoms with Gasteiger partial charge in [0.25, 0.3) is 0 Å². The first-order valence-corrected chi connectivity index (χ1v) is 3.66. The Hall–Kier alpha value is -0.770. The minimum absolute atomic E-state index is 3.11. The lowest BCUT2D eigenvalue weighted by atomic mass is 10.0. The van der Waals surface area contributed by atoms with Crippen LogP contribution in [0.5, 0.6) is 0 Å². The van der Waals surface area contributed by atoms with Crippen molar-refractivity contribution >= 4 is 0 Å². The zero-order valence-corrected chi connectivity index (χ0v) is 7.44. The molecule has 11 heteroatoms. The summed E-state index contributed by atoms with van der Waals surface area (Å²) in [6.07, 6.45) is -20.3. The van der Waals surface area contributed by atoms with E-state index in [9.17, 15) is 48.3 Å². The molecule has 0 saturated carbocycles. The summed E-state index contributed by atoms with van der Waals surface area (Å²) in [5.41, 5.74) is 0. The Morgan fingerprint density at radius 1 is 0.706 bits per heavy atom. The number of alkyl halides is 11. The Balaban J connectivity index is 5.14. The highest BCUT2D eigenvalue weighted by molar-refractivity contribution is 4.96. The van der Waals surface area contributed by atoms with Crippen molar-refractivity contribution in [3.8, 4) is 0 Å². The Labute approximate surface area is 86.4 Å². The third kappa shape index (κ3) is 3.35. The predicted octanol–water partition coefficient (Wildman–Crippen LogP) is 4.11. The topological polar surface area (TPSA) is 0 Å². The highest BCUT2D eigenvalue weighted by Crippen LogP contribution is 2.50. The van der Waals surface area contributed by atoms with Crippen molar-refractivity contribution in [2.45, 2.75) is 36.8 Å². The molecule has 0 fully saturated rings. The maximum atomic E-state index is 12.3. The summed E-state index contributed by atoms with van der Waals surface area (Å²) in [4.78, 5) is 0. The Bertz CT molecular complexity index is 258. The van der Waals surface area contributed by atoms with Gasteiger partial charge in [0.2, 0.25) is 0 Å². The molecular weight excluding hydrogens is 281 g/mol. The summed E-state index contributed by atoms with van der Waals surface area (Å²) >= 11 is 0. The molecule has 0 aromatic carbocycles. The molecule has 0 bridgehead atoms. The summed E-state index contributed by atoms with van der Waals surface area (Å²) in [5, 5.41) is 0. The first kappa shape index (κ1) is 16.2. The van der Waals surface area contributed by atoms with Crippen LogP contribution in [-0.4, -0.2) is 30.4 Å². The van der Waals surface area contributed by atoms with Crippen LogP contribution in [-0.2, 0) is 0 Å². The molecule has 0 aromatic heterocycles. The molecule has 0 aliphatic rings. The maximum Gasteiger partial charge on any atom is 0.459 e. The average Bonchev–Trinajstić information content (AvgIpc) is 1.97. The van der Waals surface area contributed by atoms with Gasteiger partial charge in [0.1, 0.15) is 0 Å². The highest BCUT2D eigenvalue weighted by atomic mass is 19.4. The van der Waals surface area contributed by atoms with Gasteiger partial charge >= 0.3 is 24.2 Å². The third-order valence-electron chi connectivity index (χ3n) is 1.58. The smallest absolute Gasteiger partial charge is 0.240 e. The lowest BCUT2D eigenvalue weighted by Crippen LogP contribution is -2.57. The van der Waals surface area contributed by atoms with E-state index in [1.54, 1.807) is 0 Å². The maximum absolute atomic E-state index is 12.3. The van der Waals surface area contributed by atoms with Gasteiger partial charge in [0, 0.05) is 0 Å². The monoisotopic (exact) mass is 284 g/mol. The second-order valence-electron chi connectivity index (χ2n) is 2.98. The normalized spacial score (nSPS) is 17.1. The van der Waals surface area contributed by atoms with Crippen LogP contribution in [0.3, 0.4) is 0 Å². The van der Waals surface area contributed by atoms with E-state index >= 15 is 0 Å². The van der Waals surface area contributed by atoms with Crippen molar-refractivity contribution in [1.82, 2.24) is 0 Å². The van der Waals surface area contributed by atoms with Gasteiger partial charge in [0.15, 0.2) is 6.17 Å². The summed E-state index contributed by atoms with van der Waals surface area (Å²) < 4.78 is 130. The largest absolute Gasteiger partial charge is 0.459 e. The molecule has 0 heterocycles. The van der Waals surface area contributed by atoms with Crippen LogP contribution in [0.15, 0.2) is 0 Å². The number of hydrogen-bond donors (Lipinski definition) is 0. The number of hydrogen-bond acceptors (Lipinski definition) is 0. The van der Waals surface area contributed by atoms with Crippen molar-refractivity contribution in [2.24, 2.45) is 0 Å². The van der Waals surface area contributed by atoms with E-state index in [4.69, 9.17) is 0 Å². The molecule has 0 spiro atoms. The van der Waals surface area contributed by atoms with Gasteiger partial charge in [-0.15, -0.1) is 0 Å². The van der Waals surface area contributed by atoms with Crippen LogP contribution in [0, 0.1) is 0 Å². The third-order valence-corrected chi connectivity index (χ3v) is 1.58. The molecule has 0 radical (unpaired) electrons. The van der Waals surface area contributed by atoms with Gasteiger partial charge < -0.3 is 0 Å². The van der Waals surface area contributed by atoms with Crippen molar-refractivity contribution in [3.63, 3.8) is 0 Å². The minimum atomic E-state index is -6.88. The lowest BCUT2D eigenvalue weighted by Gasteiger charge is -2.30. The molecule has 0 nitrogen and oxygen atoms in total. The molecule has 0 saturated heterocycles. The van der Waals surface area contributed by atoms with Crippen molar-refractivity contribution in [1.29, 1.82) is 0 Å². The first-order valence-electron chi connectivity index (χ1n) is 3.66. The summed E-state index contributed by atoms with van der Waals surface area (Å²) in [6.45, 7) is 0. The Kier molecular flexibility index (Phi) is 3.97. The van der Waals surface area contributed by atoms with Crippen LogP contribution >= 0.6 is 0 Å². The summed E-state index contributed by atoms with van der Waals surface area (Å²) in [6, 6.07) is 0. The number of halogens is 11. The van der Waals surface area contributed by atoms with E-state index in [0.29, 0.717) is 0 Å². The van der Waals surface area contributed by atoms with Crippen LogP contribution in [0.2, 0.25) is 0 Å². The Morgan fingerprint density at radius 3 is 1.29 bits per heavy atom.